The Labute approximate surface area is 82.5 Å². The third kappa shape index (κ3) is 1.32. The van der Waals surface area contributed by atoms with E-state index in [9.17, 15) is 0 Å². The minimum atomic E-state index is 0.372. The molecule has 72 valence electrons. The molecule has 1 saturated heterocycles. The Hall–Kier alpha value is -1.60. The zero-order valence-electron chi connectivity index (χ0n) is 7.95. The smallest absolute Gasteiger partial charge is 0.182 e. The number of pyridine rings is 1. The molecule has 0 amide bonds. The lowest BCUT2D eigenvalue weighted by molar-refractivity contribution is 0.382. The minimum Gasteiger partial charge on any atom is -0.493 e. The highest BCUT2D eigenvalue weighted by Crippen LogP contribution is 2.30. The predicted octanol–water partition coefficient (Wildman–Crippen LogP) is 0.649. The van der Waals surface area contributed by atoms with Crippen LogP contribution in [0.2, 0.25) is 0 Å². The summed E-state index contributed by atoms with van der Waals surface area (Å²) in [7, 11) is 1.58. The Morgan fingerprint density at radius 2 is 2.43 bits per heavy atom. The van der Waals surface area contributed by atoms with Crippen LogP contribution in [0.25, 0.3) is 0 Å². The quantitative estimate of drug-likeness (QED) is 0.742. The summed E-state index contributed by atoms with van der Waals surface area (Å²) in [5.74, 6) is 1.08. The van der Waals surface area contributed by atoms with Crippen LogP contribution in [0.15, 0.2) is 12.3 Å². The van der Waals surface area contributed by atoms with Gasteiger partial charge < -0.3 is 10.1 Å². The van der Waals surface area contributed by atoms with Gasteiger partial charge in [0.25, 0.3) is 0 Å². The standard InChI is InChI=1S/C10H11N3O/c1-14-10-8(7-5-12-6-7)2-3-13-9(10)4-11/h2-3,7,12H,5-6H2,1H3. The van der Waals surface area contributed by atoms with Crippen LogP contribution in [0.1, 0.15) is 17.2 Å². The van der Waals surface area contributed by atoms with Gasteiger partial charge in [-0.25, -0.2) is 4.98 Å². The molecule has 1 fully saturated rings. The number of nitrogens with one attached hydrogen (secondary N) is 1. The van der Waals surface area contributed by atoms with Crippen LogP contribution in [0, 0.1) is 11.3 Å². The maximum absolute atomic E-state index is 8.84. The van der Waals surface area contributed by atoms with Gasteiger partial charge in [-0.2, -0.15) is 5.26 Å². The summed E-state index contributed by atoms with van der Waals surface area (Å²) in [6.07, 6.45) is 1.66. The molecular weight excluding hydrogens is 178 g/mol. The Bertz CT molecular complexity index is 379. The van der Waals surface area contributed by atoms with E-state index in [1.165, 1.54) is 0 Å². The fraction of sp³-hybridized carbons (Fsp3) is 0.400. The molecule has 2 rings (SSSR count). The zero-order valence-corrected chi connectivity index (χ0v) is 7.95. The van der Waals surface area contributed by atoms with E-state index < -0.39 is 0 Å². The fourth-order valence-corrected chi connectivity index (χ4v) is 1.59. The van der Waals surface area contributed by atoms with Crippen molar-refractivity contribution in [2.45, 2.75) is 5.92 Å². The molecular formula is C10H11N3O. The first-order valence-electron chi connectivity index (χ1n) is 4.50. The van der Waals surface area contributed by atoms with E-state index in [4.69, 9.17) is 10.00 Å². The maximum Gasteiger partial charge on any atom is 0.182 e. The third-order valence-corrected chi connectivity index (χ3v) is 2.47. The molecule has 0 unspecified atom stereocenters. The lowest BCUT2D eigenvalue weighted by atomic mass is 9.93. The highest BCUT2D eigenvalue weighted by molar-refractivity contribution is 5.46. The molecule has 0 radical (unpaired) electrons. The summed E-state index contributed by atoms with van der Waals surface area (Å²) in [5.41, 5.74) is 1.45. The SMILES string of the molecule is COc1c(C2CNC2)ccnc1C#N. The number of rotatable bonds is 2. The second-order valence-electron chi connectivity index (χ2n) is 3.25. The predicted molar refractivity (Wildman–Crippen MR) is 51.1 cm³/mol. The maximum atomic E-state index is 8.84. The van der Waals surface area contributed by atoms with E-state index >= 15 is 0 Å². The summed E-state index contributed by atoms with van der Waals surface area (Å²) in [6.45, 7) is 1.90. The molecule has 0 atom stereocenters. The van der Waals surface area contributed by atoms with Gasteiger partial charge in [0, 0.05) is 30.8 Å². The Morgan fingerprint density at radius 1 is 1.64 bits per heavy atom. The second-order valence-corrected chi connectivity index (χ2v) is 3.25. The summed E-state index contributed by atoms with van der Waals surface area (Å²) in [6, 6.07) is 3.96. The number of aromatic nitrogens is 1. The Balaban J connectivity index is 2.43. The van der Waals surface area contributed by atoms with Gasteiger partial charge in [-0.05, 0) is 6.07 Å². The van der Waals surface area contributed by atoms with Crippen molar-refractivity contribution in [3.8, 4) is 11.8 Å². The van der Waals surface area contributed by atoms with Gasteiger partial charge in [-0.15, -0.1) is 0 Å². The minimum absolute atomic E-state index is 0.372. The van der Waals surface area contributed by atoms with Crippen LogP contribution < -0.4 is 10.1 Å². The van der Waals surface area contributed by atoms with E-state index in [1.807, 2.05) is 12.1 Å². The van der Waals surface area contributed by atoms with Crippen LogP contribution >= 0.6 is 0 Å². The van der Waals surface area contributed by atoms with Crippen molar-refractivity contribution >= 4 is 0 Å². The molecule has 1 N–H and O–H groups in total. The molecule has 2 heterocycles. The largest absolute Gasteiger partial charge is 0.493 e. The van der Waals surface area contributed by atoms with E-state index in [2.05, 4.69) is 10.3 Å². The molecule has 0 aliphatic carbocycles. The van der Waals surface area contributed by atoms with Crippen molar-refractivity contribution in [2.24, 2.45) is 0 Å². The molecule has 0 spiro atoms. The molecule has 4 nitrogen and oxygen atoms in total. The van der Waals surface area contributed by atoms with Gasteiger partial charge in [0.2, 0.25) is 0 Å². The van der Waals surface area contributed by atoms with Crippen LogP contribution in [0.4, 0.5) is 0 Å². The van der Waals surface area contributed by atoms with Gasteiger partial charge >= 0.3 is 0 Å². The molecule has 4 heteroatoms. The number of nitrogens with zero attached hydrogens (tertiary/aromatic N) is 2. The van der Waals surface area contributed by atoms with Crippen LogP contribution in [-0.4, -0.2) is 25.2 Å². The van der Waals surface area contributed by atoms with E-state index in [-0.39, 0.29) is 0 Å². The molecule has 1 aromatic rings. The lowest BCUT2D eigenvalue weighted by Gasteiger charge is -2.28. The monoisotopic (exact) mass is 189 g/mol. The van der Waals surface area contributed by atoms with Crippen LogP contribution in [-0.2, 0) is 0 Å². The van der Waals surface area contributed by atoms with Crippen molar-refractivity contribution in [1.82, 2.24) is 10.3 Å². The Kier molecular flexibility index (Phi) is 2.33. The summed E-state index contributed by atoms with van der Waals surface area (Å²) in [5, 5.41) is 12.0. The topological polar surface area (TPSA) is 57.9 Å². The summed E-state index contributed by atoms with van der Waals surface area (Å²) in [4.78, 5) is 3.96. The molecule has 1 aromatic heterocycles. The van der Waals surface area contributed by atoms with Gasteiger partial charge in [0.1, 0.15) is 6.07 Å². The molecule has 0 aromatic carbocycles. The molecule has 1 aliphatic rings. The lowest BCUT2D eigenvalue weighted by Crippen LogP contribution is -2.40. The fourth-order valence-electron chi connectivity index (χ4n) is 1.59. The third-order valence-electron chi connectivity index (χ3n) is 2.47. The van der Waals surface area contributed by atoms with Gasteiger partial charge in [-0.1, -0.05) is 0 Å². The first-order chi connectivity index (χ1) is 6.86. The number of methoxy groups -OCH3 is 1. The first kappa shape index (κ1) is 8.97. The highest BCUT2D eigenvalue weighted by atomic mass is 16.5. The normalized spacial score (nSPS) is 15.7. The van der Waals surface area contributed by atoms with Crippen molar-refractivity contribution in [3.63, 3.8) is 0 Å². The van der Waals surface area contributed by atoms with E-state index in [0.717, 1.165) is 18.7 Å². The average molecular weight is 189 g/mol. The number of hydrogen-bond acceptors (Lipinski definition) is 4. The average Bonchev–Trinajstić information content (AvgIpc) is 2.15. The van der Waals surface area contributed by atoms with Crippen LogP contribution in [0.5, 0.6) is 5.75 Å². The summed E-state index contributed by atoms with van der Waals surface area (Å²) >= 11 is 0. The number of ether oxygens (including phenoxy) is 1. The van der Waals surface area contributed by atoms with Crippen LogP contribution in [0.3, 0.4) is 0 Å². The van der Waals surface area contributed by atoms with E-state index in [1.54, 1.807) is 13.3 Å². The van der Waals surface area contributed by atoms with Crippen molar-refractivity contribution in [1.29, 1.82) is 5.26 Å². The highest BCUT2D eigenvalue weighted by Gasteiger charge is 2.24. The molecule has 1 aliphatic heterocycles. The van der Waals surface area contributed by atoms with Gasteiger partial charge in [-0.3, -0.25) is 0 Å². The van der Waals surface area contributed by atoms with Crippen molar-refractivity contribution in [2.75, 3.05) is 20.2 Å². The second kappa shape index (κ2) is 3.64. The molecule has 0 saturated carbocycles. The van der Waals surface area contributed by atoms with Crippen molar-refractivity contribution < 1.29 is 4.74 Å². The number of hydrogen-bond donors (Lipinski definition) is 1. The van der Waals surface area contributed by atoms with Crippen molar-refractivity contribution in [3.05, 3.63) is 23.5 Å². The zero-order chi connectivity index (χ0) is 9.97. The van der Waals surface area contributed by atoms with Gasteiger partial charge in [0.05, 0.1) is 7.11 Å². The molecule has 0 bridgehead atoms. The Morgan fingerprint density at radius 3 is 2.93 bits per heavy atom. The van der Waals surface area contributed by atoms with E-state index in [0.29, 0.717) is 17.4 Å². The van der Waals surface area contributed by atoms with Gasteiger partial charge in [0.15, 0.2) is 11.4 Å². The summed E-state index contributed by atoms with van der Waals surface area (Å²) < 4.78 is 5.21. The number of nitriles is 1. The molecule has 14 heavy (non-hydrogen) atoms. The first-order valence-corrected chi connectivity index (χ1v) is 4.50.